The fourth-order valence-electron chi connectivity index (χ4n) is 4.70. The summed E-state index contributed by atoms with van der Waals surface area (Å²) in [6.45, 7) is 22.6. The number of aromatic nitrogens is 2. The lowest BCUT2D eigenvalue weighted by Gasteiger charge is -2.37. The maximum atomic E-state index is 7.07. The molecule has 0 unspecified atom stereocenters. The second kappa shape index (κ2) is 6.38. The van der Waals surface area contributed by atoms with E-state index in [0.717, 1.165) is 5.76 Å². The molecule has 162 valence electrons. The molecule has 0 fully saturated rings. The summed E-state index contributed by atoms with van der Waals surface area (Å²) in [5.74, 6) is 1.58. The van der Waals surface area contributed by atoms with Crippen molar-refractivity contribution < 1.29 is 9.30 Å². The summed E-state index contributed by atoms with van der Waals surface area (Å²) in [5.41, 5.74) is 3.68. The molecule has 1 aromatic carbocycles. The number of nitrogens with zero attached hydrogens (tertiary/aromatic N) is 3. The monoisotopic (exact) mass is 408 g/mol. The van der Waals surface area contributed by atoms with Crippen LogP contribution >= 0.6 is 0 Å². The Morgan fingerprint density at radius 3 is 2.10 bits per heavy atom. The highest BCUT2D eigenvalue weighted by molar-refractivity contribution is 5.67. The van der Waals surface area contributed by atoms with Gasteiger partial charge in [-0.2, -0.15) is 4.57 Å². The van der Waals surface area contributed by atoms with Gasteiger partial charge in [-0.05, 0) is 39.8 Å². The third-order valence-corrected chi connectivity index (χ3v) is 6.26. The summed E-state index contributed by atoms with van der Waals surface area (Å²) >= 11 is 0. The second-order valence-corrected chi connectivity index (χ2v) is 11.4. The van der Waals surface area contributed by atoms with Crippen molar-refractivity contribution in [3.05, 3.63) is 53.7 Å². The molecule has 0 amide bonds. The van der Waals surface area contributed by atoms with Crippen LogP contribution in [0.4, 0.5) is 0 Å². The summed E-state index contributed by atoms with van der Waals surface area (Å²) in [6.07, 6.45) is 4.59. The van der Waals surface area contributed by atoms with E-state index in [1.165, 1.54) is 22.6 Å². The lowest BCUT2D eigenvalue weighted by atomic mass is 9.92. The number of hydrogen-bond acceptors (Lipinski definition) is 2. The molecule has 2 aliphatic heterocycles. The molecule has 0 aliphatic carbocycles. The van der Waals surface area contributed by atoms with Crippen LogP contribution in [0, 0.1) is 5.41 Å². The van der Waals surface area contributed by atoms with Gasteiger partial charge in [-0.25, -0.2) is 4.57 Å². The van der Waals surface area contributed by atoms with E-state index in [1.54, 1.807) is 0 Å². The maximum absolute atomic E-state index is 7.07. The molecule has 1 atom stereocenters. The summed E-state index contributed by atoms with van der Waals surface area (Å²) in [6, 6.07) is 9.41. The summed E-state index contributed by atoms with van der Waals surface area (Å²) in [5, 5.41) is 0. The Hall–Kier alpha value is -2.23. The van der Waals surface area contributed by atoms with E-state index in [-0.39, 0.29) is 16.9 Å². The Morgan fingerprint density at radius 2 is 1.57 bits per heavy atom. The van der Waals surface area contributed by atoms with Gasteiger partial charge >= 0.3 is 5.85 Å². The van der Waals surface area contributed by atoms with Crippen LogP contribution in [-0.2, 0) is 16.0 Å². The minimum Gasteiger partial charge on any atom is -0.431 e. The number of imidazole rings is 1. The molecule has 0 saturated carbocycles. The minimum absolute atomic E-state index is 0.0274. The van der Waals surface area contributed by atoms with E-state index in [2.05, 4.69) is 120 Å². The Balaban J connectivity index is 2.12. The molecular formula is C26H38N3O+. The molecular weight excluding hydrogens is 370 g/mol. The van der Waals surface area contributed by atoms with Crippen LogP contribution in [0.5, 0.6) is 0 Å². The number of hydrogen-bond donors (Lipinski definition) is 0. The van der Waals surface area contributed by atoms with E-state index >= 15 is 0 Å². The molecule has 4 nitrogen and oxygen atoms in total. The van der Waals surface area contributed by atoms with Crippen LogP contribution in [0.2, 0.25) is 0 Å². The quantitative estimate of drug-likeness (QED) is 0.575. The van der Waals surface area contributed by atoms with Crippen molar-refractivity contribution in [3.8, 4) is 11.4 Å². The van der Waals surface area contributed by atoms with Crippen LogP contribution in [0.3, 0.4) is 0 Å². The van der Waals surface area contributed by atoms with Crippen molar-refractivity contribution >= 4 is 0 Å². The maximum Gasteiger partial charge on any atom is 0.367 e. The summed E-state index contributed by atoms with van der Waals surface area (Å²) < 4.78 is 12.0. The predicted octanol–water partition coefficient (Wildman–Crippen LogP) is 5.92. The topological polar surface area (TPSA) is 21.3 Å². The number of rotatable bonds is 2. The van der Waals surface area contributed by atoms with Gasteiger partial charge in [-0.3, -0.25) is 4.90 Å². The van der Waals surface area contributed by atoms with Crippen molar-refractivity contribution in [1.29, 1.82) is 0 Å². The molecule has 2 aliphatic rings. The van der Waals surface area contributed by atoms with E-state index in [9.17, 15) is 0 Å². The first kappa shape index (κ1) is 21.0. The van der Waals surface area contributed by atoms with Gasteiger partial charge in [-0.15, -0.1) is 0 Å². The predicted molar refractivity (Wildman–Crippen MR) is 122 cm³/mol. The van der Waals surface area contributed by atoms with E-state index in [4.69, 9.17) is 4.74 Å². The van der Waals surface area contributed by atoms with Crippen molar-refractivity contribution in [3.63, 3.8) is 0 Å². The summed E-state index contributed by atoms with van der Waals surface area (Å²) in [7, 11) is 0. The Bertz CT molecular complexity index is 1010. The van der Waals surface area contributed by atoms with Crippen molar-refractivity contribution in [2.45, 2.75) is 92.6 Å². The lowest BCUT2D eigenvalue weighted by Crippen LogP contribution is -2.50. The van der Waals surface area contributed by atoms with E-state index in [1.807, 2.05) is 0 Å². The number of benzene rings is 1. The van der Waals surface area contributed by atoms with Gasteiger partial charge in [0.2, 0.25) is 0 Å². The highest BCUT2D eigenvalue weighted by Crippen LogP contribution is 2.54. The molecule has 2 aromatic rings. The first-order chi connectivity index (χ1) is 13.8. The Morgan fingerprint density at radius 1 is 0.933 bits per heavy atom. The Kier molecular flexibility index (Phi) is 4.47. The molecule has 1 spiro atoms. The van der Waals surface area contributed by atoms with Gasteiger partial charge in [0, 0.05) is 23.1 Å². The third-order valence-electron chi connectivity index (χ3n) is 6.26. The van der Waals surface area contributed by atoms with Crippen molar-refractivity contribution in [1.82, 2.24) is 9.47 Å². The van der Waals surface area contributed by atoms with Crippen molar-refractivity contribution in [2.75, 3.05) is 0 Å². The van der Waals surface area contributed by atoms with Crippen LogP contribution in [0.1, 0.15) is 86.5 Å². The highest BCUT2D eigenvalue weighted by atomic mass is 16.6. The minimum atomic E-state index is -0.689. The van der Waals surface area contributed by atoms with E-state index < -0.39 is 5.85 Å². The van der Waals surface area contributed by atoms with Gasteiger partial charge < -0.3 is 4.74 Å². The average molecular weight is 409 g/mol. The van der Waals surface area contributed by atoms with Crippen LogP contribution in [0.25, 0.3) is 11.4 Å². The normalized spacial score (nSPS) is 20.8. The molecule has 30 heavy (non-hydrogen) atoms. The standard InChI is InChI=1S/C26H38N3O/c1-17(2)27-15-21(24(5,6)7)29-23(27)19-13-11-12-14-20(19)26(29)28(18(3)4)16-22(30-26)25(8,9)10/h11-18H,1-10H3/q+1/t26-/m1/s1. The first-order valence-corrected chi connectivity index (χ1v) is 11.3. The molecule has 4 rings (SSSR count). The van der Waals surface area contributed by atoms with Gasteiger partial charge in [0.1, 0.15) is 12.0 Å². The zero-order chi connectivity index (χ0) is 22.2. The molecule has 4 heteroatoms. The molecule has 0 saturated heterocycles. The fraction of sp³-hybridized carbons (Fsp3) is 0.577. The molecule has 0 radical (unpaired) electrons. The SMILES string of the molecule is CC(C)N1C=C(C(C)(C)C)O[C@]12c1ccccc1-c1n2c(C(C)(C)C)c[n+]1C(C)C. The van der Waals surface area contributed by atoms with Gasteiger partial charge in [-0.1, -0.05) is 53.7 Å². The fourth-order valence-corrected chi connectivity index (χ4v) is 4.70. The van der Waals surface area contributed by atoms with Gasteiger partial charge in [0.05, 0.1) is 17.2 Å². The number of ether oxygens (including phenoxy) is 1. The first-order valence-electron chi connectivity index (χ1n) is 11.3. The number of fused-ring (bicyclic) bond motifs is 5. The smallest absolute Gasteiger partial charge is 0.367 e. The largest absolute Gasteiger partial charge is 0.431 e. The van der Waals surface area contributed by atoms with Crippen LogP contribution in [-0.4, -0.2) is 15.5 Å². The summed E-state index contributed by atoms with van der Waals surface area (Å²) in [4.78, 5) is 2.42. The third kappa shape index (κ3) is 2.75. The van der Waals surface area contributed by atoms with Crippen LogP contribution < -0.4 is 4.57 Å². The molecule has 1 aromatic heterocycles. The van der Waals surface area contributed by atoms with Crippen molar-refractivity contribution in [2.24, 2.45) is 5.41 Å². The molecule has 0 N–H and O–H groups in total. The molecule has 3 heterocycles. The zero-order valence-electron chi connectivity index (χ0n) is 20.4. The lowest BCUT2D eigenvalue weighted by molar-refractivity contribution is -0.705. The number of allylic oxidation sites excluding steroid dienone is 1. The molecule has 0 bridgehead atoms. The van der Waals surface area contributed by atoms with Gasteiger partial charge in [0.15, 0.2) is 5.69 Å². The van der Waals surface area contributed by atoms with Crippen LogP contribution in [0.15, 0.2) is 42.4 Å². The highest BCUT2D eigenvalue weighted by Gasteiger charge is 2.63. The Labute approximate surface area is 182 Å². The van der Waals surface area contributed by atoms with E-state index in [0.29, 0.717) is 6.04 Å². The zero-order valence-corrected chi connectivity index (χ0v) is 20.4. The second-order valence-electron chi connectivity index (χ2n) is 11.4. The average Bonchev–Trinajstić information content (AvgIpc) is 3.27. The van der Waals surface area contributed by atoms with Gasteiger partial charge in [0.25, 0.3) is 5.82 Å².